The number of nitrogens with one attached hydrogen (secondary N) is 1. The quantitative estimate of drug-likeness (QED) is 0.407. The van der Waals surface area contributed by atoms with Crippen LogP contribution in [-0.2, 0) is 13.9 Å². The van der Waals surface area contributed by atoms with E-state index in [9.17, 15) is 18.8 Å². The number of benzene rings is 1. The number of carbonyl (C=O) groups excluding carboxylic acids is 1. The zero-order valence-electron chi connectivity index (χ0n) is 20.1. The van der Waals surface area contributed by atoms with E-state index in [1.54, 1.807) is 0 Å². The average Bonchev–Trinajstić information content (AvgIpc) is 3.23. The first-order valence-electron chi connectivity index (χ1n) is 11.9. The summed E-state index contributed by atoms with van der Waals surface area (Å²) in [5.74, 6) is 1.19. The number of nitrogens with zero attached hydrogens (tertiary/aromatic N) is 3. The predicted octanol–water partition coefficient (Wildman–Crippen LogP) is -1.71. The van der Waals surface area contributed by atoms with Gasteiger partial charge < -0.3 is 19.4 Å². The fraction of sp³-hybridized carbons (Fsp3) is 0.609. The molecule has 1 amide bonds. The van der Waals surface area contributed by atoms with Gasteiger partial charge in [0.05, 0.1) is 38.9 Å². The Morgan fingerprint density at radius 1 is 1.14 bits per heavy atom. The van der Waals surface area contributed by atoms with Gasteiger partial charge in [-0.15, -0.1) is 5.48 Å². The molecule has 0 saturated carbocycles. The molecule has 2 fully saturated rings. The number of hydrogen-bond acceptors (Lipinski definition) is 10. The van der Waals surface area contributed by atoms with E-state index in [1.165, 1.54) is 4.90 Å². The highest BCUT2D eigenvalue weighted by Gasteiger charge is 2.41. The van der Waals surface area contributed by atoms with Gasteiger partial charge in [0.25, 0.3) is 12.0 Å². The molecule has 0 aliphatic carbocycles. The van der Waals surface area contributed by atoms with E-state index in [4.69, 9.17) is 9.57 Å². The lowest BCUT2D eigenvalue weighted by atomic mass is 10.1. The molecule has 0 radical (unpaired) electrons. The summed E-state index contributed by atoms with van der Waals surface area (Å²) >= 11 is 0. The Morgan fingerprint density at radius 2 is 1.89 bits per heavy atom. The number of hydrogen-bond donors (Lipinski definition) is 1. The van der Waals surface area contributed by atoms with Crippen LogP contribution in [0.1, 0.15) is 26.7 Å². The minimum Gasteiger partial charge on any atom is -0.489 e. The van der Waals surface area contributed by atoms with Crippen LogP contribution in [0.25, 0.3) is 0 Å². The number of anilines is 1. The maximum absolute atomic E-state index is 12.5. The number of carbonyl (C=O) groups is 1. The first-order chi connectivity index (χ1) is 16.7. The molecule has 2 atom stereocenters. The normalized spacial score (nSPS) is 24.1. The summed E-state index contributed by atoms with van der Waals surface area (Å²) in [6.45, 7) is 8.95. The van der Waals surface area contributed by atoms with Crippen LogP contribution in [0, 0.1) is 10.2 Å². The Bertz CT molecular complexity index is 902. The van der Waals surface area contributed by atoms with Crippen LogP contribution < -0.4 is 29.1 Å². The van der Waals surface area contributed by atoms with Gasteiger partial charge in [0.1, 0.15) is 11.5 Å². The molecule has 1 aromatic carbocycles. The fourth-order valence-electron chi connectivity index (χ4n) is 4.60. The number of piperazine rings is 1. The van der Waals surface area contributed by atoms with Crippen LogP contribution in [0.4, 0.5) is 5.69 Å². The molecule has 35 heavy (non-hydrogen) atoms. The van der Waals surface area contributed by atoms with Gasteiger partial charge in [-0.05, 0) is 38.5 Å². The van der Waals surface area contributed by atoms with Crippen LogP contribution in [-0.4, -0.2) is 79.8 Å². The van der Waals surface area contributed by atoms with Crippen molar-refractivity contribution in [1.82, 2.24) is 15.3 Å². The Balaban J connectivity index is 1.26. The number of amides is 1. The van der Waals surface area contributed by atoms with Gasteiger partial charge in [-0.2, -0.15) is 14.0 Å². The predicted molar refractivity (Wildman–Crippen MR) is 118 cm³/mol. The minimum absolute atomic E-state index is 0.113. The first kappa shape index (κ1) is 26.0. The molecule has 12 heteroatoms. The molecule has 11 nitrogen and oxygen atoms in total. The van der Waals surface area contributed by atoms with Gasteiger partial charge in [0.2, 0.25) is 0 Å². The largest absolute Gasteiger partial charge is 0.489 e. The zero-order valence-corrected chi connectivity index (χ0v) is 20.8. The lowest BCUT2D eigenvalue weighted by molar-refractivity contribution is -1.92. The summed E-state index contributed by atoms with van der Waals surface area (Å²) in [7, 11) is -4.64. The number of hydroxylamine groups is 1. The van der Waals surface area contributed by atoms with Crippen molar-refractivity contribution in [1.29, 1.82) is 0 Å². The number of piperidine rings is 1. The second-order valence-corrected chi connectivity index (χ2v) is 10.2. The molecule has 3 aliphatic rings. The van der Waals surface area contributed by atoms with Gasteiger partial charge in [0.15, 0.2) is 0 Å². The molecule has 4 rings (SSSR count). The number of ether oxygens (including phenoxy) is 1. The smallest absolute Gasteiger partial charge is 0.291 e. The number of likely N-dealkylation sites (tertiary alicyclic amines) is 1. The summed E-state index contributed by atoms with van der Waals surface area (Å²) in [5.41, 5.74) is 4.03. The highest BCUT2D eigenvalue weighted by molar-refractivity contribution is 5.81. The summed E-state index contributed by atoms with van der Waals surface area (Å²) in [6, 6.07) is 7.88. The van der Waals surface area contributed by atoms with Crippen molar-refractivity contribution >= 4 is 11.6 Å². The monoisotopic (exact) mass is 512 g/mol. The van der Waals surface area contributed by atoms with Gasteiger partial charge in [0, 0.05) is 45.7 Å². The molecule has 1 aromatic rings. The highest BCUT2D eigenvalue weighted by Crippen LogP contribution is 2.30. The summed E-state index contributed by atoms with van der Waals surface area (Å²) in [4.78, 5) is 24.3. The van der Waals surface area contributed by atoms with E-state index in [0.717, 1.165) is 43.4 Å². The molecule has 194 valence electrons. The standard InChI is InChI=1S/C23H33ClN4O7/c1-17(2)33-21-7-4-3-6-20(21)27-12-10-26(11-13-27)16-19-14-18(25-35-19)15-28-9-5-8-22(23(28)29)34-24(30,31)32/h3-4,6-7,14,17-18,22,25H,5,8-13,15-16H2,1-2H3. The van der Waals surface area contributed by atoms with E-state index in [2.05, 4.69) is 25.6 Å². The van der Waals surface area contributed by atoms with Gasteiger partial charge in [-0.25, -0.2) is 0 Å². The molecule has 1 N–H and O–H groups in total. The second-order valence-electron chi connectivity index (χ2n) is 9.24. The Morgan fingerprint density at radius 3 is 2.60 bits per heavy atom. The summed E-state index contributed by atoms with van der Waals surface area (Å²) < 4.78 is 42.9. The Hall–Kier alpha value is -2.12. The topological polar surface area (TPSA) is 136 Å². The van der Waals surface area contributed by atoms with Gasteiger partial charge in [-0.3, -0.25) is 9.69 Å². The van der Waals surface area contributed by atoms with E-state index in [1.807, 2.05) is 38.1 Å². The van der Waals surface area contributed by atoms with Crippen LogP contribution in [0.3, 0.4) is 0 Å². The van der Waals surface area contributed by atoms with Crippen molar-refractivity contribution < 1.29 is 42.9 Å². The summed E-state index contributed by atoms with van der Waals surface area (Å²) in [6.07, 6.45) is 1.56. The van der Waals surface area contributed by atoms with Gasteiger partial charge in [-0.1, -0.05) is 12.1 Å². The van der Waals surface area contributed by atoms with E-state index in [0.29, 0.717) is 26.1 Å². The lowest BCUT2D eigenvalue weighted by Crippen LogP contribution is -2.64. The first-order valence-corrected chi connectivity index (χ1v) is 13.2. The van der Waals surface area contributed by atoms with Crippen molar-refractivity contribution in [3.8, 4) is 5.75 Å². The van der Waals surface area contributed by atoms with E-state index >= 15 is 0 Å². The van der Waals surface area contributed by atoms with E-state index < -0.39 is 22.3 Å². The van der Waals surface area contributed by atoms with Crippen molar-refractivity contribution in [2.75, 3.05) is 50.7 Å². The van der Waals surface area contributed by atoms with Crippen LogP contribution >= 0.6 is 0 Å². The molecular formula is C23H33ClN4O7. The number of halogens is 1. The number of rotatable bonds is 9. The highest BCUT2D eigenvalue weighted by atomic mass is 35.7. The lowest BCUT2D eigenvalue weighted by Gasteiger charge is -2.36. The second kappa shape index (κ2) is 11.3. The molecule has 3 aliphatic heterocycles. The van der Waals surface area contributed by atoms with Crippen molar-refractivity contribution in [2.45, 2.75) is 44.9 Å². The zero-order chi connectivity index (χ0) is 25.0. The molecular weight excluding hydrogens is 480 g/mol. The van der Waals surface area contributed by atoms with E-state index in [-0.39, 0.29) is 18.6 Å². The third-order valence-corrected chi connectivity index (χ3v) is 6.60. The maximum Gasteiger partial charge on any atom is 0.291 e. The van der Waals surface area contributed by atoms with Crippen LogP contribution in [0.15, 0.2) is 36.1 Å². The fourth-order valence-corrected chi connectivity index (χ4v) is 5.02. The van der Waals surface area contributed by atoms with Crippen molar-refractivity contribution in [3.05, 3.63) is 36.1 Å². The molecule has 0 spiro atoms. The molecule has 3 heterocycles. The molecule has 2 unspecified atom stereocenters. The Kier molecular flexibility index (Phi) is 8.38. The Labute approximate surface area is 207 Å². The van der Waals surface area contributed by atoms with Crippen LogP contribution in [0.5, 0.6) is 5.75 Å². The summed E-state index contributed by atoms with van der Waals surface area (Å²) in [5, 5.41) is 0. The average molecular weight is 513 g/mol. The minimum atomic E-state index is -4.64. The van der Waals surface area contributed by atoms with Crippen LogP contribution in [0.2, 0.25) is 0 Å². The molecule has 0 aromatic heterocycles. The SMILES string of the molecule is CC(C)Oc1ccccc1N1CCN(CC2=CC(CN3CCCC(O[Cl+3]([O-])([O-])[O-])C3=O)NO2)CC1. The van der Waals surface area contributed by atoms with Crippen molar-refractivity contribution in [3.63, 3.8) is 0 Å². The molecule has 0 bridgehead atoms. The van der Waals surface area contributed by atoms with Crippen molar-refractivity contribution in [2.24, 2.45) is 0 Å². The maximum atomic E-state index is 12.5. The number of para-hydroxylation sites is 2. The third-order valence-electron chi connectivity index (χ3n) is 6.16. The van der Waals surface area contributed by atoms with Gasteiger partial charge >= 0.3 is 0 Å². The molecule has 2 saturated heterocycles. The third kappa shape index (κ3) is 7.20.